The van der Waals surface area contributed by atoms with Gasteiger partial charge in [0.2, 0.25) is 0 Å². The Bertz CT molecular complexity index is 620. The maximum absolute atomic E-state index is 11.7. The third kappa shape index (κ3) is 3.67. The summed E-state index contributed by atoms with van der Waals surface area (Å²) in [4.78, 5) is 16.0. The third-order valence-corrected chi connectivity index (χ3v) is 3.01. The molecule has 0 unspecified atom stereocenters. The molecule has 0 atom stereocenters. The van der Waals surface area contributed by atoms with Crippen LogP contribution in [-0.4, -0.2) is 16.7 Å². The Balaban J connectivity index is 2.22. The lowest BCUT2D eigenvalue weighted by Crippen LogP contribution is -2.27. The van der Waals surface area contributed by atoms with Crippen molar-refractivity contribution in [3.63, 3.8) is 0 Å². The number of carbonyl (C=O) groups is 1. The van der Waals surface area contributed by atoms with E-state index in [0.29, 0.717) is 5.69 Å². The van der Waals surface area contributed by atoms with Gasteiger partial charge in [-0.25, -0.2) is 4.79 Å². The summed E-state index contributed by atoms with van der Waals surface area (Å²) in [5.74, 6) is 0. The molecule has 1 amide bonds. The normalized spacial score (nSPS) is 11.4. The van der Waals surface area contributed by atoms with Gasteiger partial charge in [-0.05, 0) is 39.0 Å². The Morgan fingerprint density at radius 2 is 2.11 bits per heavy atom. The molecule has 0 saturated heterocycles. The van der Waals surface area contributed by atoms with Crippen LogP contribution in [-0.2, 0) is 4.74 Å². The molecule has 4 nitrogen and oxygen atoms in total. The highest BCUT2D eigenvalue weighted by molar-refractivity contribution is 9.10. The van der Waals surface area contributed by atoms with Crippen molar-refractivity contribution in [3.8, 4) is 0 Å². The van der Waals surface area contributed by atoms with Crippen LogP contribution in [0, 0.1) is 0 Å². The Hall–Kier alpha value is -1.62. The lowest BCUT2D eigenvalue weighted by molar-refractivity contribution is 0.0636. The van der Waals surface area contributed by atoms with Crippen LogP contribution >= 0.6 is 15.9 Å². The predicted molar refractivity (Wildman–Crippen MR) is 79.3 cm³/mol. The Morgan fingerprint density at radius 1 is 1.37 bits per heavy atom. The van der Waals surface area contributed by atoms with E-state index in [-0.39, 0.29) is 0 Å². The lowest BCUT2D eigenvalue weighted by atomic mass is 10.2. The van der Waals surface area contributed by atoms with Crippen molar-refractivity contribution in [2.75, 3.05) is 5.32 Å². The number of aromatic nitrogens is 1. The summed E-state index contributed by atoms with van der Waals surface area (Å²) in [6.45, 7) is 5.46. The second kappa shape index (κ2) is 5.17. The number of nitrogens with one attached hydrogen (secondary N) is 1. The van der Waals surface area contributed by atoms with E-state index in [1.807, 2.05) is 45.0 Å². The Labute approximate surface area is 120 Å². The molecule has 2 aromatic rings. The molecular formula is C14H15BrN2O2. The van der Waals surface area contributed by atoms with E-state index in [1.54, 1.807) is 6.20 Å². The van der Waals surface area contributed by atoms with Gasteiger partial charge in [0.15, 0.2) is 0 Å². The van der Waals surface area contributed by atoms with Crippen LogP contribution in [0.1, 0.15) is 20.8 Å². The molecule has 1 heterocycles. The fourth-order valence-corrected chi connectivity index (χ4v) is 2.07. The zero-order valence-corrected chi connectivity index (χ0v) is 12.6. The molecule has 19 heavy (non-hydrogen) atoms. The van der Waals surface area contributed by atoms with E-state index in [1.165, 1.54) is 0 Å². The average Bonchev–Trinajstić information content (AvgIpc) is 2.27. The van der Waals surface area contributed by atoms with Crippen LogP contribution < -0.4 is 5.32 Å². The van der Waals surface area contributed by atoms with Gasteiger partial charge >= 0.3 is 6.09 Å². The summed E-state index contributed by atoms with van der Waals surface area (Å²) < 4.78 is 6.13. The molecule has 0 aliphatic carbocycles. The molecule has 5 heteroatoms. The predicted octanol–water partition coefficient (Wildman–Crippen LogP) is 4.34. The van der Waals surface area contributed by atoms with Crippen LogP contribution in [0.3, 0.4) is 0 Å². The van der Waals surface area contributed by atoms with E-state index >= 15 is 0 Å². The third-order valence-electron chi connectivity index (χ3n) is 2.32. The maximum atomic E-state index is 11.7. The molecule has 0 aliphatic rings. The molecule has 100 valence electrons. The van der Waals surface area contributed by atoms with Gasteiger partial charge in [0.25, 0.3) is 0 Å². The first kappa shape index (κ1) is 13.8. The molecule has 0 radical (unpaired) electrons. The number of pyridine rings is 1. The van der Waals surface area contributed by atoms with Crippen LogP contribution in [0.2, 0.25) is 0 Å². The van der Waals surface area contributed by atoms with Crippen molar-refractivity contribution >= 4 is 38.6 Å². The van der Waals surface area contributed by atoms with E-state index in [2.05, 4.69) is 26.2 Å². The number of rotatable bonds is 1. The van der Waals surface area contributed by atoms with Crippen molar-refractivity contribution in [3.05, 3.63) is 34.9 Å². The number of fused-ring (bicyclic) bond motifs is 1. The zero-order valence-electron chi connectivity index (χ0n) is 11.0. The molecule has 2 rings (SSSR count). The van der Waals surface area contributed by atoms with Crippen LogP contribution in [0.25, 0.3) is 10.9 Å². The molecule has 1 aromatic heterocycles. The number of hydrogen-bond acceptors (Lipinski definition) is 3. The van der Waals surface area contributed by atoms with Gasteiger partial charge in [-0.15, -0.1) is 0 Å². The van der Waals surface area contributed by atoms with E-state index < -0.39 is 11.7 Å². The highest BCUT2D eigenvalue weighted by Crippen LogP contribution is 2.25. The number of hydrogen-bond donors (Lipinski definition) is 1. The van der Waals surface area contributed by atoms with Crippen LogP contribution in [0.5, 0.6) is 0 Å². The first-order valence-electron chi connectivity index (χ1n) is 5.89. The number of nitrogens with zero attached hydrogens (tertiary/aromatic N) is 1. The fraction of sp³-hybridized carbons (Fsp3) is 0.286. The lowest BCUT2D eigenvalue weighted by Gasteiger charge is -2.19. The molecule has 1 aromatic carbocycles. The standard InChI is InChI=1S/C14H15BrN2O2/c1-14(2,3)19-13(18)17-9-7-10-11(15)5-4-6-12(10)16-8-9/h4-8H,1-3H3,(H,17,18). The van der Waals surface area contributed by atoms with Crippen molar-refractivity contribution < 1.29 is 9.53 Å². The summed E-state index contributed by atoms with van der Waals surface area (Å²) >= 11 is 3.46. The van der Waals surface area contributed by atoms with Crippen molar-refractivity contribution in [2.45, 2.75) is 26.4 Å². The molecule has 0 fully saturated rings. The summed E-state index contributed by atoms with van der Waals surface area (Å²) in [5.41, 5.74) is 0.951. The highest BCUT2D eigenvalue weighted by atomic mass is 79.9. The second-order valence-corrected chi connectivity index (χ2v) is 6.01. The van der Waals surface area contributed by atoms with Gasteiger partial charge in [-0.2, -0.15) is 0 Å². The number of amides is 1. The minimum Gasteiger partial charge on any atom is -0.444 e. The van der Waals surface area contributed by atoms with Gasteiger partial charge in [0.05, 0.1) is 17.4 Å². The summed E-state index contributed by atoms with van der Waals surface area (Å²) in [6.07, 6.45) is 1.12. The minimum absolute atomic E-state index is 0.485. The van der Waals surface area contributed by atoms with E-state index in [9.17, 15) is 4.79 Å². The second-order valence-electron chi connectivity index (χ2n) is 5.16. The Kier molecular flexibility index (Phi) is 3.75. The number of anilines is 1. The van der Waals surface area contributed by atoms with E-state index in [0.717, 1.165) is 15.4 Å². The number of benzene rings is 1. The van der Waals surface area contributed by atoms with Crippen molar-refractivity contribution in [1.29, 1.82) is 0 Å². The zero-order chi connectivity index (χ0) is 14.0. The first-order chi connectivity index (χ1) is 8.85. The molecule has 1 N–H and O–H groups in total. The van der Waals surface area contributed by atoms with Crippen LogP contribution in [0.15, 0.2) is 34.9 Å². The summed E-state index contributed by atoms with van der Waals surface area (Å²) in [7, 11) is 0. The first-order valence-corrected chi connectivity index (χ1v) is 6.69. The minimum atomic E-state index is -0.519. The molecule has 0 saturated carbocycles. The molecule has 0 aliphatic heterocycles. The van der Waals surface area contributed by atoms with Gasteiger partial charge < -0.3 is 4.74 Å². The SMILES string of the molecule is CC(C)(C)OC(=O)Nc1cnc2cccc(Br)c2c1. The monoisotopic (exact) mass is 322 g/mol. The topological polar surface area (TPSA) is 51.2 Å². The summed E-state index contributed by atoms with van der Waals surface area (Å²) in [5, 5.41) is 3.61. The van der Waals surface area contributed by atoms with Gasteiger partial charge in [0.1, 0.15) is 5.60 Å². The highest BCUT2D eigenvalue weighted by Gasteiger charge is 2.16. The molecule has 0 bridgehead atoms. The van der Waals surface area contributed by atoms with Gasteiger partial charge in [0, 0.05) is 9.86 Å². The van der Waals surface area contributed by atoms with Gasteiger partial charge in [-0.3, -0.25) is 10.3 Å². The molecular weight excluding hydrogens is 308 g/mol. The largest absolute Gasteiger partial charge is 0.444 e. The average molecular weight is 323 g/mol. The smallest absolute Gasteiger partial charge is 0.412 e. The fourth-order valence-electron chi connectivity index (χ4n) is 1.60. The van der Waals surface area contributed by atoms with Crippen molar-refractivity contribution in [1.82, 2.24) is 4.98 Å². The quantitative estimate of drug-likeness (QED) is 0.849. The number of halogens is 1. The number of carbonyl (C=O) groups excluding carboxylic acids is 1. The molecule has 0 spiro atoms. The van der Waals surface area contributed by atoms with E-state index in [4.69, 9.17) is 4.74 Å². The van der Waals surface area contributed by atoms with Crippen molar-refractivity contribution in [2.24, 2.45) is 0 Å². The van der Waals surface area contributed by atoms with Gasteiger partial charge in [-0.1, -0.05) is 22.0 Å². The van der Waals surface area contributed by atoms with Crippen LogP contribution in [0.4, 0.5) is 10.5 Å². The Morgan fingerprint density at radius 3 is 2.79 bits per heavy atom. The number of ether oxygens (including phenoxy) is 1. The maximum Gasteiger partial charge on any atom is 0.412 e. The summed E-state index contributed by atoms with van der Waals surface area (Å²) in [6, 6.07) is 7.62.